The summed E-state index contributed by atoms with van der Waals surface area (Å²) in [5.74, 6) is 3.67. The average Bonchev–Trinajstić information content (AvgIpc) is 2.14. The maximum absolute atomic E-state index is 4.29. The Labute approximate surface area is 101 Å². The lowest BCUT2D eigenvalue weighted by molar-refractivity contribution is 0.134. The molecule has 3 atom stereocenters. The minimum atomic E-state index is 0.843. The highest BCUT2D eigenvalue weighted by Crippen LogP contribution is 2.21. The highest BCUT2D eigenvalue weighted by atomic mass is 32.1. The molecule has 1 aliphatic rings. The second kappa shape index (κ2) is 6.80. The fourth-order valence-corrected chi connectivity index (χ4v) is 3.18. The predicted molar refractivity (Wildman–Crippen MR) is 71.6 cm³/mol. The molecule has 0 aromatic carbocycles. The lowest BCUT2D eigenvalue weighted by Crippen LogP contribution is -2.39. The Bertz CT molecular complexity index is 162. The molecule has 2 heteroatoms. The van der Waals surface area contributed by atoms with Crippen molar-refractivity contribution in [2.75, 3.05) is 25.4 Å². The largest absolute Gasteiger partial charge is 0.303 e. The Hall–Kier alpha value is 0.310. The van der Waals surface area contributed by atoms with Gasteiger partial charge in [-0.15, -0.1) is 0 Å². The Morgan fingerprint density at radius 2 is 1.80 bits per heavy atom. The lowest BCUT2D eigenvalue weighted by Gasteiger charge is -2.35. The monoisotopic (exact) mass is 229 g/mol. The quantitative estimate of drug-likeness (QED) is 0.708. The second-order valence-electron chi connectivity index (χ2n) is 5.61. The molecule has 0 bridgehead atoms. The Kier molecular flexibility index (Phi) is 6.06. The van der Waals surface area contributed by atoms with E-state index in [0.717, 1.165) is 23.5 Å². The summed E-state index contributed by atoms with van der Waals surface area (Å²) in [5.41, 5.74) is 0. The van der Waals surface area contributed by atoms with Crippen LogP contribution in [-0.4, -0.2) is 30.3 Å². The van der Waals surface area contributed by atoms with E-state index >= 15 is 0 Å². The third-order valence-corrected chi connectivity index (χ3v) is 3.76. The smallest absolute Gasteiger partial charge is 0.000724 e. The number of hydrogen-bond acceptors (Lipinski definition) is 2. The molecule has 1 rings (SSSR count). The van der Waals surface area contributed by atoms with Gasteiger partial charge in [0.25, 0.3) is 0 Å². The molecule has 0 aromatic rings. The molecule has 0 aliphatic carbocycles. The molecule has 1 fully saturated rings. The molecule has 0 spiro atoms. The summed E-state index contributed by atoms with van der Waals surface area (Å²) in [7, 11) is 0. The van der Waals surface area contributed by atoms with Gasteiger partial charge in [0.05, 0.1) is 0 Å². The maximum atomic E-state index is 4.29. The zero-order valence-corrected chi connectivity index (χ0v) is 11.5. The third kappa shape index (κ3) is 5.26. The van der Waals surface area contributed by atoms with Crippen molar-refractivity contribution in [3.63, 3.8) is 0 Å². The van der Waals surface area contributed by atoms with Gasteiger partial charge in [-0.3, -0.25) is 0 Å². The first-order valence-corrected chi connectivity index (χ1v) is 7.08. The maximum Gasteiger partial charge on any atom is 0.000724 e. The van der Waals surface area contributed by atoms with E-state index in [0.29, 0.717) is 0 Å². The van der Waals surface area contributed by atoms with Gasteiger partial charge in [0, 0.05) is 13.1 Å². The van der Waals surface area contributed by atoms with Crippen LogP contribution in [0.1, 0.15) is 40.0 Å². The highest BCUT2D eigenvalue weighted by Gasteiger charge is 2.21. The minimum Gasteiger partial charge on any atom is -0.303 e. The van der Waals surface area contributed by atoms with Gasteiger partial charge in [-0.05, 0) is 49.3 Å². The molecule has 0 aromatic heterocycles. The van der Waals surface area contributed by atoms with Crippen molar-refractivity contribution in [1.29, 1.82) is 0 Å². The minimum absolute atomic E-state index is 0.843. The molecular weight excluding hydrogens is 202 g/mol. The predicted octanol–water partition coefficient (Wildman–Crippen LogP) is 3.31. The normalized spacial score (nSPS) is 30.4. The van der Waals surface area contributed by atoms with Crippen LogP contribution in [0.4, 0.5) is 0 Å². The van der Waals surface area contributed by atoms with Crippen LogP contribution in [0.3, 0.4) is 0 Å². The van der Waals surface area contributed by atoms with Crippen molar-refractivity contribution >= 4 is 12.6 Å². The first-order chi connectivity index (χ1) is 7.11. The van der Waals surface area contributed by atoms with Gasteiger partial charge in [0.1, 0.15) is 0 Å². The molecule has 0 radical (unpaired) electrons. The zero-order valence-electron chi connectivity index (χ0n) is 10.6. The van der Waals surface area contributed by atoms with E-state index in [4.69, 9.17) is 0 Å². The van der Waals surface area contributed by atoms with Crippen LogP contribution in [-0.2, 0) is 0 Å². The molecule has 3 unspecified atom stereocenters. The van der Waals surface area contributed by atoms with E-state index in [-0.39, 0.29) is 0 Å². The number of thiol groups is 1. The van der Waals surface area contributed by atoms with Crippen LogP contribution in [0.15, 0.2) is 0 Å². The summed E-state index contributed by atoms with van der Waals surface area (Å²) in [4.78, 5) is 2.66. The number of piperidine rings is 1. The third-order valence-electron chi connectivity index (χ3n) is 3.50. The van der Waals surface area contributed by atoms with Crippen molar-refractivity contribution in [1.82, 2.24) is 4.90 Å². The van der Waals surface area contributed by atoms with Crippen molar-refractivity contribution in [2.24, 2.45) is 17.8 Å². The standard InChI is InChI=1S/C13H27NS/c1-11(5-7-15)4-6-14-9-12(2)8-13(3)10-14/h11-13,15H,4-10H2,1-3H3. The molecule has 0 amide bonds. The molecule has 1 saturated heterocycles. The summed E-state index contributed by atoms with van der Waals surface area (Å²) >= 11 is 4.29. The van der Waals surface area contributed by atoms with E-state index in [1.165, 1.54) is 38.9 Å². The summed E-state index contributed by atoms with van der Waals surface area (Å²) in [5, 5.41) is 0. The van der Waals surface area contributed by atoms with E-state index < -0.39 is 0 Å². The van der Waals surface area contributed by atoms with E-state index in [1.54, 1.807) is 0 Å². The SMILES string of the molecule is CC(CCS)CCN1CC(C)CC(C)C1. The molecule has 15 heavy (non-hydrogen) atoms. The molecular formula is C13H27NS. The number of likely N-dealkylation sites (tertiary alicyclic amines) is 1. The average molecular weight is 229 g/mol. The summed E-state index contributed by atoms with van der Waals surface area (Å²) in [6.07, 6.45) is 4.03. The van der Waals surface area contributed by atoms with Crippen LogP contribution >= 0.6 is 12.6 Å². The van der Waals surface area contributed by atoms with Crippen LogP contribution < -0.4 is 0 Å². The van der Waals surface area contributed by atoms with Crippen LogP contribution in [0.2, 0.25) is 0 Å². The van der Waals surface area contributed by atoms with Crippen LogP contribution in [0, 0.1) is 17.8 Å². The van der Waals surface area contributed by atoms with Gasteiger partial charge in [-0.25, -0.2) is 0 Å². The number of nitrogens with zero attached hydrogens (tertiary/aromatic N) is 1. The molecule has 1 nitrogen and oxygen atoms in total. The first-order valence-electron chi connectivity index (χ1n) is 6.45. The molecule has 90 valence electrons. The molecule has 1 heterocycles. The van der Waals surface area contributed by atoms with E-state index in [2.05, 4.69) is 38.3 Å². The van der Waals surface area contributed by atoms with Gasteiger partial charge in [0.2, 0.25) is 0 Å². The highest BCUT2D eigenvalue weighted by molar-refractivity contribution is 7.80. The summed E-state index contributed by atoms with van der Waals surface area (Å²) in [6.45, 7) is 11.1. The lowest BCUT2D eigenvalue weighted by atomic mass is 9.91. The summed E-state index contributed by atoms with van der Waals surface area (Å²) < 4.78 is 0. The van der Waals surface area contributed by atoms with E-state index in [1.807, 2.05) is 0 Å². The van der Waals surface area contributed by atoms with Gasteiger partial charge in [-0.2, -0.15) is 12.6 Å². The molecule has 0 N–H and O–H groups in total. The fourth-order valence-electron chi connectivity index (χ4n) is 2.74. The molecule has 0 saturated carbocycles. The first kappa shape index (κ1) is 13.4. The zero-order chi connectivity index (χ0) is 11.3. The Morgan fingerprint density at radius 1 is 1.20 bits per heavy atom. The number of rotatable bonds is 5. The topological polar surface area (TPSA) is 3.24 Å². The van der Waals surface area contributed by atoms with Gasteiger partial charge in [0.15, 0.2) is 0 Å². The van der Waals surface area contributed by atoms with Crippen LogP contribution in [0.5, 0.6) is 0 Å². The fraction of sp³-hybridized carbons (Fsp3) is 1.00. The summed E-state index contributed by atoms with van der Waals surface area (Å²) in [6, 6.07) is 0. The van der Waals surface area contributed by atoms with E-state index in [9.17, 15) is 0 Å². The van der Waals surface area contributed by atoms with Crippen molar-refractivity contribution in [2.45, 2.75) is 40.0 Å². The Morgan fingerprint density at radius 3 is 2.33 bits per heavy atom. The molecule has 1 aliphatic heterocycles. The Balaban J connectivity index is 2.20. The van der Waals surface area contributed by atoms with Crippen molar-refractivity contribution < 1.29 is 0 Å². The number of hydrogen-bond donors (Lipinski definition) is 1. The second-order valence-corrected chi connectivity index (χ2v) is 6.06. The van der Waals surface area contributed by atoms with Crippen molar-refractivity contribution in [3.05, 3.63) is 0 Å². The van der Waals surface area contributed by atoms with Gasteiger partial charge >= 0.3 is 0 Å². The van der Waals surface area contributed by atoms with Gasteiger partial charge < -0.3 is 4.90 Å². The van der Waals surface area contributed by atoms with Crippen LogP contribution in [0.25, 0.3) is 0 Å². The van der Waals surface area contributed by atoms with Crippen molar-refractivity contribution in [3.8, 4) is 0 Å². The van der Waals surface area contributed by atoms with Gasteiger partial charge in [-0.1, -0.05) is 20.8 Å².